The van der Waals surface area contributed by atoms with Crippen molar-refractivity contribution < 1.29 is 4.79 Å². The number of amides is 1. The van der Waals surface area contributed by atoms with Crippen LogP contribution in [0.2, 0.25) is 0 Å². The average molecular weight is 242 g/mol. The van der Waals surface area contributed by atoms with Crippen LogP contribution in [0.25, 0.3) is 0 Å². The van der Waals surface area contributed by atoms with Crippen LogP contribution in [0.15, 0.2) is 36.4 Å². The number of anilines is 1. The second-order valence-electron chi connectivity index (χ2n) is 5.00. The quantitative estimate of drug-likeness (QED) is 0.782. The predicted molar refractivity (Wildman–Crippen MR) is 72.6 cm³/mol. The van der Waals surface area contributed by atoms with E-state index in [1.54, 1.807) is 0 Å². The number of para-hydroxylation sites is 1. The van der Waals surface area contributed by atoms with Crippen LogP contribution in [0.4, 0.5) is 5.69 Å². The number of hydrogen-bond donors (Lipinski definition) is 2. The number of carbonyl (C=O) groups is 1. The molecule has 0 saturated heterocycles. The maximum Gasteiger partial charge on any atom is 0.227 e. The molecule has 1 aliphatic heterocycles. The lowest BCUT2D eigenvalue weighted by Gasteiger charge is -2.27. The summed E-state index contributed by atoms with van der Waals surface area (Å²) in [5, 5.41) is 6.51. The van der Waals surface area contributed by atoms with Gasteiger partial charge in [0.2, 0.25) is 5.91 Å². The predicted octanol–water partition coefficient (Wildman–Crippen LogP) is 2.42. The van der Waals surface area contributed by atoms with Crippen LogP contribution in [0.3, 0.4) is 0 Å². The monoisotopic (exact) mass is 242 g/mol. The van der Waals surface area contributed by atoms with E-state index in [2.05, 4.69) is 28.9 Å². The van der Waals surface area contributed by atoms with Crippen molar-refractivity contribution in [1.29, 1.82) is 0 Å². The van der Waals surface area contributed by atoms with E-state index in [-0.39, 0.29) is 11.8 Å². The highest BCUT2D eigenvalue weighted by molar-refractivity contribution is 5.86. The maximum absolute atomic E-state index is 12.4. The lowest BCUT2D eigenvalue weighted by Crippen LogP contribution is -2.38. The molecule has 1 aromatic carbocycles. The van der Waals surface area contributed by atoms with E-state index >= 15 is 0 Å². The third-order valence-electron chi connectivity index (χ3n) is 3.76. The van der Waals surface area contributed by atoms with Crippen LogP contribution in [-0.2, 0) is 4.79 Å². The Morgan fingerprint density at radius 3 is 2.83 bits per heavy atom. The van der Waals surface area contributed by atoms with Gasteiger partial charge in [-0.15, -0.1) is 0 Å². The molecule has 3 heteroatoms. The van der Waals surface area contributed by atoms with E-state index in [9.17, 15) is 4.79 Å². The third kappa shape index (κ3) is 2.13. The zero-order chi connectivity index (χ0) is 12.4. The second-order valence-corrected chi connectivity index (χ2v) is 5.00. The van der Waals surface area contributed by atoms with Crippen molar-refractivity contribution in [1.82, 2.24) is 5.32 Å². The Bertz CT molecular complexity index is 473. The van der Waals surface area contributed by atoms with E-state index < -0.39 is 0 Å². The molecule has 1 aliphatic carbocycles. The van der Waals surface area contributed by atoms with Gasteiger partial charge in [-0.1, -0.05) is 30.4 Å². The molecule has 2 N–H and O–H groups in total. The first kappa shape index (κ1) is 11.3. The standard InChI is InChI=1S/C15H18N2O/c18-15(17-11-5-1-2-6-11)13-9-10-16-14-8-4-3-7-12(13)14/h1-4,7-8,11,13,16H,5-6,9-10H2,(H,17,18). The first-order valence-corrected chi connectivity index (χ1v) is 6.63. The van der Waals surface area contributed by atoms with Gasteiger partial charge in [0.25, 0.3) is 0 Å². The van der Waals surface area contributed by atoms with Gasteiger partial charge in [0.15, 0.2) is 0 Å². The van der Waals surface area contributed by atoms with E-state index in [0.717, 1.165) is 37.1 Å². The zero-order valence-electron chi connectivity index (χ0n) is 10.4. The fourth-order valence-electron chi connectivity index (χ4n) is 2.78. The first-order valence-electron chi connectivity index (χ1n) is 6.63. The lowest BCUT2D eigenvalue weighted by atomic mass is 9.90. The molecule has 18 heavy (non-hydrogen) atoms. The van der Waals surface area contributed by atoms with Gasteiger partial charge in [0.05, 0.1) is 5.92 Å². The van der Waals surface area contributed by atoms with Gasteiger partial charge in [-0.25, -0.2) is 0 Å². The van der Waals surface area contributed by atoms with Gasteiger partial charge in [-0.05, 0) is 30.9 Å². The highest BCUT2D eigenvalue weighted by Gasteiger charge is 2.27. The lowest BCUT2D eigenvalue weighted by molar-refractivity contribution is -0.123. The molecule has 2 aliphatic rings. The van der Waals surface area contributed by atoms with Gasteiger partial charge in [0.1, 0.15) is 0 Å². The van der Waals surface area contributed by atoms with Crippen molar-refractivity contribution in [2.75, 3.05) is 11.9 Å². The molecule has 1 unspecified atom stereocenters. The average Bonchev–Trinajstić information content (AvgIpc) is 2.91. The number of carbonyl (C=O) groups excluding carboxylic acids is 1. The topological polar surface area (TPSA) is 41.1 Å². The van der Waals surface area contributed by atoms with E-state index in [1.807, 2.05) is 18.2 Å². The van der Waals surface area contributed by atoms with Crippen LogP contribution in [0, 0.1) is 0 Å². The van der Waals surface area contributed by atoms with Crippen LogP contribution in [0.1, 0.15) is 30.7 Å². The number of rotatable bonds is 2. The maximum atomic E-state index is 12.4. The van der Waals surface area contributed by atoms with Gasteiger partial charge < -0.3 is 10.6 Å². The molecule has 3 nitrogen and oxygen atoms in total. The molecular weight excluding hydrogens is 224 g/mol. The Morgan fingerprint density at radius 2 is 2.00 bits per heavy atom. The zero-order valence-corrected chi connectivity index (χ0v) is 10.4. The van der Waals surface area contributed by atoms with Crippen LogP contribution in [0.5, 0.6) is 0 Å². The third-order valence-corrected chi connectivity index (χ3v) is 3.76. The largest absolute Gasteiger partial charge is 0.385 e. The minimum absolute atomic E-state index is 0.00282. The summed E-state index contributed by atoms with van der Waals surface area (Å²) >= 11 is 0. The fraction of sp³-hybridized carbons (Fsp3) is 0.400. The van der Waals surface area contributed by atoms with E-state index in [0.29, 0.717) is 6.04 Å². The van der Waals surface area contributed by atoms with Gasteiger partial charge in [-0.2, -0.15) is 0 Å². The minimum Gasteiger partial charge on any atom is -0.385 e. The van der Waals surface area contributed by atoms with Crippen LogP contribution < -0.4 is 10.6 Å². The van der Waals surface area contributed by atoms with Gasteiger partial charge in [0, 0.05) is 18.3 Å². The van der Waals surface area contributed by atoms with Crippen molar-refractivity contribution in [3.8, 4) is 0 Å². The molecule has 0 fully saturated rings. The summed E-state index contributed by atoms with van der Waals surface area (Å²) in [6.45, 7) is 0.873. The molecule has 0 aromatic heterocycles. The number of benzene rings is 1. The van der Waals surface area contributed by atoms with Crippen molar-refractivity contribution >= 4 is 11.6 Å². The molecule has 1 heterocycles. The normalized spacial score (nSPS) is 22.3. The molecule has 3 rings (SSSR count). The van der Waals surface area contributed by atoms with E-state index in [1.165, 1.54) is 0 Å². The number of nitrogens with one attached hydrogen (secondary N) is 2. The summed E-state index contributed by atoms with van der Waals surface area (Å²) in [4.78, 5) is 12.4. The summed E-state index contributed by atoms with van der Waals surface area (Å²) in [7, 11) is 0. The van der Waals surface area contributed by atoms with Gasteiger partial charge >= 0.3 is 0 Å². The summed E-state index contributed by atoms with van der Waals surface area (Å²) < 4.78 is 0. The minimum atomic E-state index is 0.00282. The van der Waals surface area contributed by atoms with Gasteiger partial charge in [-0.3, -0.25) is 4.79 Å². The van der Waals surface area contributed by atoms with Crippen molar-refractivity contribution in [2.45, 2.75) is 31.2 Å². The van der Waals surface area contributed by atoms with Crippen LogP contribution >= 0.6 is 0 Å². The summed E-state index contributed by atoms with van der Waals surface area (Å²) in [6, 6.07) is 8.42. The molecule has 0 bridgehead atoms. The van der Waals surface area contributed by atoms with Crippen molar-refractivity contribution in [3.63, 3.8) is 0 Å². The molecule has 0 saturated carbocycles. The summed E-state index contributed by atoms with van der Waals surface area (Å²) in [6.07, 6.45) is 7.10. The highest BCUT2D eigenvalue weighted by Crippen LogP contribution is 2.31. The molecule has 0 radical (unpaired) electrons. The molecule has 0 spiro atoms. The Kier molecular flexibility index (Phi) is 3.05. The molecular formula is C15H18N2O. The van der Waals surface area contributed by atoms with E-state index in [4.69, 9.17) is 0 Å². The summed E-state index contributed by atoms with van der Waals surface area (Å²) in [5.41, 5.74) is 2.24. The highest BCUT2D eigenvalue weighted by atomic mass is 16.1. The molecule has 1 amide bonds. The molecule has 94 valence electrons. The molecule has 1 atom stereocenters. The smallest absolute Gasteiger partial charge is 0.227 e. The summed E-state index contributed by atoms with van der Waals surface area (Å²) in [5.74, 6) is 0.181. The van der Waals surface area contributed by atoms with Crippen molar-refractivity contribution in [3.05, 3.63) is 42.0 Å². The van der Waals surface area contributed by atoms with Crippen LogP contribution in [-0.4, -0.2) is 18.5 Å². The second kappa shape index (κ2) is 4.84. The fourth-order valence-corrected chi connectivity index (χ4v) is 2.78. The Hall–Kier alpha value is -1.77. The SMILES string of the molecule is O=C(NC1CC=CC1)C1CCNc2ccccc21. The Labute approximate surface area is 107 Å². The number of hydrogen-bond acceptors (Lipinski definition) is 2. The Balaban J connectivity index is 1.74. The Morgan fingerprint density at radius 1 is 1.22 bits per heavy atom. The first-order chi connectivity index (χ1) is 8.84. The number of fused-ring (bicyclic) bond motifs is 1. The molecule has 1 aromatic rings. The van der Waals surface area contributed by atoms with Crippen molar-refractivity contribution in [2.24, 2.45) is 0 Å².